The van der Waals surface area contributed by atoms with Crippen molar-refractivity contribution in [3.63, 3.8) is 0 Å². The maximum absolute atomic E-state index is 13.3. The number of nitrogens with zero attached hydrogens (tertiary/aromatic N) is 4. The first-order valence-electron chi connectivity index (χ1n) is 10.5. The summed E-state index contributed by atoms with van der Waals surface area (Å²) in [4.78, 5) is 27.2. The Kier molecular flexibility index (Phi) is 6.79. The average Bonchev–Trinajstić information content (AvgIpc) is 3.15. The van der Waals surface area contributed by atoms with E-state index < -0.39 is 0 Å². The minimum atomic E-state index is -0.267. The number of rotatable bonds is 7. The number of benzene rings is 2. The molecule has 1 N–H and O–H groups in total. The molecule has 170 valence electrons. The number of fused-ring (bicyclic) bond motifs is 1. The zero-order valence-corrected chi connectivity index (χ0v) is 19.3. The fourth-order valence-electron chi connectivity index (χ4n) is 3.88. The van der Waals surface area contributed by atoms with Gasteiger partial charge >= 0.3 is 0 Å². The molecule has 8 nitrogen and oxygen atoms in total. The van der Waals surface area contributed by atoms with Gasteiger partial charge in [-0.05, 0) is 31.2 Å². The molecule has 0 saturated carbocycles. The average molecular weight is 464 g/mol. The summed E-state index contributed by atoms with van der Waals surface area (Å²) in [6, 6.07) is 14.7. The number of ether oxygens (including phenoxy) is 1. The van der Waals surface area contributed by atoms with Crippen LogP contribution in [0.1, 0.15) is 13.3 Å². The zero-order valence-electron chi connectivity index (χ0n) is 18.5. The summed E-state index contributed by atoms with van der Waals surface area (Å²) < 4.78 is 7.39. The Morgan fingerprint density at radius 3 is 2.79 bits per heavy atom. The van der Waals surface area contributed by atoms with Gasteiger partial charge in [0.15, 0.2) is 11.0 Å². The zero-order chi connectivity index (χ0) is 23.4. The summed E-state index contributed by atoms with van der Waals surface area (Å²) in [5, 5.41) is 12.2. The van der Waals surface area contributed by atoms with Crippen molar-refractivity contribution >= 4 is 35.0 Å². The van der Waals surface area contributed by atoms with Crippen LogP contribution in [0.2, 0.25) is 0 Å². The molecule has 0 bridgehead atoms. The van der Waals surface area contributed by atoms with Crippen molar-refractivity contribution in [3.8, 4) is 17.1 Å². The first-order chi connectivity index (χ1) is 16.0. The van der Waals surface area contributed by atoms with Gasteiger partial charge in [0.25, 0.3) is 0 Å². The van der Waals surface area contributed by atoms with Crippen LogP contribution in [0, 0.1) is 0 Å². The van der Waals surface area contributed by atoms with Gasteiger partial charge in [-0.1, -0.05) is 42.1 Å². The van der Waals surface area contributed by atoms with Gasteiger partial charge in [0.2, 0.25) is 11.8 Å². The number of amides is 2. The molecule has 1 aliphatic heterocycles. The lowest BCUT2D eigenvalue weighted by molar-refractivity contribution is -0.117. The predicted octanol–water partition coefficient (Wildman–Crippen LogP) is 4.00. The summed E-state index contributed by atoms with van der Waals surface area (Å²) in [5.74, 6) is 1.27. The van der Waals surface area contributed by atoms with Crippen molar-refractivity contribution in [2.45, 2.75) is 31.1 Å². The van der Waals surface area contributed by atoms with Crippen LogP contribution in [-0.2, 0) is 16.1 Å². The lowest BCUT2D eigenvalue weighted by Crippen LogP contribution is -2.40. The number of para-hydroxylation sites is 3. The van der Waals surface area contributed by atoms with Crippen molar-refractivity contribution in [1.82, 2.24) is 14.8 Å². The maximum atomic E-state index is 13.3. The van der Waals surface area contributed by atoms with E-state index in [-0.39, 0.29) is 30.0 Å². The smallest absolute Gasteiger partial charge is 0.237 e. The van der Waals surface area contributed by atoms with Crippen molar-refractivity contribution in [2.24, 2.45) is 0 Å². The molecule has 9 heteroatoms. The third kappa shape index (κ3) is 4.63. The normalized spacial score (nSPS) is 15.4. The number of anilines is 2. The standard InChI is InChI=1S/C24H25N5O3S/c1-4-13-28-23(17-9-5-8-12-20(17)32-3)26-27-24(28)33-15-22(31)29-16(2)14-21(30)25-18-10-6-7-11-19(18)29/h4-12,16H,1,13-15H2,2-3H3,(H,25,30). The lowest BCUT2D eigenvalue weighted by Gasteiger charge is -2.27. The fraction of sp³-hybridized carbons (Fsp3) is 0.250. The second-order valence-corrected chi connectivity index (χ2v) is 8.52. The molecule has 1 aromatic heterocycles. The van der Waals surface area contributed by atoms with Crippen LogP contribution in [0.4, 0.5) is 11.4 Å². The highest BCUT2D eigenvalue weighted by molar-refractivity contribution is 7.99. The van der Waals surface area contributed by atoms with E-state index in [0.717, 1.165) is 5.56 Å². The molecule has 3 aromatic rings. The molecule has 2 amide bonds. The topological polar surface area (TPSA) is 89.4 Å². The van der Waals surface area contributed by atoms with Gasteiger partial charge in [0.05, 0.1) is 29.8 Å². The predicted molar refractivity (Wildman–Crippen MR) is 130 cm³/mol. The highest BCUT2D eigenvalue weighted by Gasteiger charge is 2.30. The van der Waals surface area contributed by atoms with E-state index in [0.29, 0.717) is 34.6 Å². The molecule has 0 saturated heterocycles. The summed E-state index contributed by atoms with van der Waals surface area (Å²) in [6.45, 7) is 6.21. The molecular weight excluding hydrogens is 438 g/mol. The molecule has 2 heterocycles. The summed E-state index contributed by atoms with van der Waals surface area (Å²) in [6.07, 6.45) is 1.99. The van der Waals surface area contributed by atoms with Crippen LogP contribution in [0.25, 0.3) is 11.4 Å². The van der Waals surface area contributed by atoms with Crippen LogP contribution < -0.4 is 15.0 Å². The molecular formula is C24H25N5O3S. The molecule has 0 fully saturated rings. The number of carbonyl (C=O) groups excluding carboxylic acids is 2. The number of aromatic nitrogens is 3. The van der Waals surface area contributed by atoms with Crippen LogP contribution >= 0.6 is 11.8 Å². The van der Waals surface area contributed by atoms with Crippen molar-refractivity contribution < 1.29 is 14.3 Å². The van der Waals surface area contributed by atoms with Gasteiger partial charge in [-0.2, -0.15) is 0 Å². The lowest BCUT2D eigenvalue weighted by atomic mass is 10.2. The van der Waals surface area contributed by atoms with E-state index in [1.165, 1.54) is 11.8 Å². The van der Waals surface area contributed by atoms with Gasteiger partial charge in [-0.15, -0.1) is 16.8 Å². The largest absolute Gasteiger partial charge is 0.496 e. The number of hydrogen-bond acceptors (Lipinski definition) is 6. The first kappa shape index (κ1) is 22.6. The number of methoxy groups -OCH3 is 1. The van der Waals surface area contributed by atoms with Crippen LogP contribution in [0.3, 0.4) is 0 Å². The van der Waals surface area contributed by atoms with Crippen LogP contribution in [0.15, 0.2) is 66.3 Å². The maximum Gasteiger partial charge on any atom is 0.237 e. The van der Waals surface area contributed by atoms with Gasteiger partial charge in [0, 0.05) is 19.0 Å². The van der Waals surface area contributed by atoms with Gasteiger partial charge in [-0.3, -0.25) is 14.2 Å². The molecule has 1 aliphatic rings. The minimum Gasteiger partial charge on any atom is -0.496 e. The second-order valence-electron chi connectivity index (χ2n) is 7.58. The fourth-order valence-corrected chi connectivity index (χ4v) is 4.69. The van der Waals surface area contributed by atoms with Crippen LogP contribution in [-0.4, -0.2) is 45.5 Å². The van der Waals surface area contributed by atoms with Gasteiger partial charge in [0.1, 0.15) is 5.75 Å². The van der Waals surface area contributed by atoms with Crippen LogP contribution in [0.5, 0.6) is 5.75 Å². The number of carbonyl (C=O) groups is 2. The van der Waals surface area contributed by atoms with E-state index in [2.05, 4.69) is 22.1 Å². The molecule has 33 heavy (non-hydrogen) atoms. The molecule has 1 atom stereocenters. The Hall–Kier alpha value is -3.59. The molecule has 2 aromatic carbocycles. The van der Waals surface area contributed by atoms with E-state index in [1.54, 1.807) is 24.2 Å². The first-order valence-corrected chi connectivity index (χ1v) is 11.5. The number of nitrogens with one attached hydrogen (secondary N) is 1. The van der Waals surface area contributed by atoms with Crippen molar-refractivity contribution in [3.05, 3.63) is 61.2 Å². The quantitative estimate of drug-likeness (QED) is 0.421. The summed E-state index contributed by atoms with van der Waals surface area (Å²) in [7, 11) is 1.61. The van der Waals surface area contributed by atoms with Gasteiger partial charge in [-0.25, -0.2) is 0 Å². The highest BCUT2D eigenvalue weighted by Crippen LogP contribution is 2.34. The Bertz CT molecular complexity index is 1190. The van der Waals surface area contributed by atoms with E-state index >= 15 is 0 Å². The number of thioether (sulfide) groups is 1. The Labute approximate surface area is 196 Å². The number of hydrogen-bond donors (Lipinski definition) is 1. The molecule has 0 aliphatic carbocycles. The minimum absolute atomic E-state index is 0.106. The third-order valence-electron chi connectivity index (χ3n) is 5.33. The molecule has 0 radical (unpaired) electrons. The molecule has 1 unspecified atom stereocenters. The SMILES string of the molecule is C=CCn1c(SCC(=O)N2c3ccccc3NC(=O)CC2C)nnc1-c1ccccc1OC. The number of allylic oxidation sites excluding steroid dienone is 1. The Morgan fingerprint density at radius 1 is 1.24 bits per heavy atom. The summed E-state index contributed by atoms with van der Waals surface area (Å²) >= 11 is 1.31. The second kappa shape index (κ2) is 9.91. The summed E-state index contributed by atoms with van der Waals surface area (Å²) in [5.41, 5.74) is 2.15. The third-order valence-corrected chi connectivity index (χ3v) is 6.28. The van der Waals surface area contributed by atoms with Crippen molar-refractivity contribution in [2.75, 3.05) is 23.1 Å². The van der Waals surface area contributed by atoms with E-state index in [1.807, 2.05) is 54.0 Å². The van der Waals surface area contributed by atoms with E-state index in [4.69, 9.17) is 4.74 Å². The highest BCUT2D eigenvalue weighted by atomic mass is 32.2. The van der Waals surface area contributed by atoms with E-state index in [9.17, 15) is 9.59 Å². The monoisotopic (exact) mass is 463 g/mol. The van der Waals surface area contributed by atoms with Gasteiger partial charge < -0.3 is 15.0 Å². The Morgan fingerprint density at radius 2 is 2.00 bits per heavy atom. The Balaban J connectivity index is 1.59. The van der Waals surface area contributed by atoms with Crippen molar-refractivity contribution in [1.29, 1.82) is 0 Å². The molecule has 4 rings (SSSR count). The molecule has 0 spiro atoms.